The molecule has 0 heterocycles. The number of hydrogen-bond acceptors (Lipinski definition) is 2. The van der Waals surface area contributed by atoms with Crippen molar-refractivity contribution in [2.24, 2.45) is 5.92 Å². The maximum Gasteiger partial charge on any atom is 0.416 e. The van der Waals surface area contributed by atoms with Gasteiger partial charge in [0.15, 0.2) is 0 Å². The smallest absolute Gasteiger partial charge is 0.301 e. The second-order valence-electron chi connectivity index (χ2n) is 4.33. The van der Waals surface area contributed by atoms with Crippen LogP contribution < -0.4 is 5.48 Å². The minimum absolute atomic E-state index is 0.0485. The molecule has 0 aliphatic rings. The molecule has 6 heteroatoms. The van der Waals surface area contributed by atoms with Gasteiger partial charge >= 0.3 is 6.18 Å². The molecule has 0 atom stereocenters. The van der Waals surface area contributed by atoms with Crippen LogP contribution in [0.15, 0.2) is 18.2 Å². The Labute approximate surface area is 103 Å². The molecule has 0 saturated carbocycles. The molecule has 0 bridgehead atoms. The zero-order valence-electron chi connectivity index (χ0n) is 10.1. The van der Waals surface area contributed by atoms with Crippen molar-refractivity contribution in [2.75, 3.05) is 6.61 Å². The molecule has 1 rings (SSSR count). The van der Waals surface area contributed by atoms with Crippen molar-refractivity contribution in [1.29, 1.82) is 0 Å². The molecule has 0 unspecified atom stereocenters. The van der Waals surface area contributed by atoms with Crippen molar-refractivity contribution in [3.8, 4) is 0 Å². The van der Waals surface area contributed by atoms with Crippen molar-refractivity contribution >= 4 is 0 Å². The first-order valence-electron chi connectivity index (χ1n) is 5.51. The Morgan fingerprint density at radius 3 is 2.50 bits per heavy atom. The van der Waals surface area contributed by atoms with Crippen molar-refractivity contribution in [3.05, 3.63) is 35.1 Å². The highest BCUT2D eigenvalue weighted by molar-refractivity contribution is 5.30. The first-order valence-corrected chi connectivity index (χ1v) is 5.51. The van der Waals surface area contributed by atoms with E-state index in [2.05, 4.69) is 5.48 Å². The van der Waals surface area contributed by atoms with Crippen LogP contribution in [0, 0.1) is 11.7 Å². The molecule has 2 nitrogen and oxygen atoms in total. The lowest BCUT2D eigenvalue weighted by Crippen LogP contribution is -2.20. The summed E-state index contributed by atoms with van der Waals surface area (Å²) in [4.78, 5) is 4.99. The zero-order valence-corrected chi connectivity index (χ0v) is 10.1. The minimum Gasteiger partial charge on any atom is -0.301 e. The second kappa shape index (κ2) is 6.15. The van der Waals surface area contributed by atoms with E-state index in [0.29, 0.717) is 12.7 Å². The van der Waals surface area contributed by atoms with Crippen molar-refractivity contribution in [1.82, 2.24) is 5.48 Å². The molecule has 0 fully saturated rings. The van der Waals surface area contributed by atoms with E-state index in [1.54, 1.807) is 0 Å². The average molecular weight is 265 g/mol. The number of hydrogen-bond donors (Lipinski definition) is 1. The quantitative estimate of drug-likeness (QED) is 0.499. The fourth-order valence-electron chi connectivity index (χ4n) is 1.32. The Morgan fingerprint density at radius 2 is 1.94 bits per heavy atom. The molecule has 0 spiro atoms. The number of nitrogens with one attached hydrogen (secondary N) is 1. The molecule has 0 aliphatic carbocycles. The van der Waals surface area contributed by atoms with Gasteiger partial charge in [0.1, 0.15) is 5.82 Å². The summed E-state index contributed by atoms with van der Waals surface area (Å²) in [6, 6.07) is 2.58. The first kappa shape index (κ1) is 14.9. The van der Waals surface area contributed by atoms with Crippen molar-refractivity contribution < 1.29 is 22.4 Å². The number of benzene rings is 1. The number of alkyl halides is 3. The van der Waals surface area contributed by atoms with E-state index in [4.69, 9.17) is 4.84 Å². The molecule has 0 aromatic heterocycles. The fraction of sp³-hybridized carbons (Fsp3) is 0.500. The van der Waals surface area contributed by atoms with Crippen LogP contribution in [0.2, 0.25) is 0 Å². The molecule has 102 valence electrons. The van der Waals surface area contributed by atoms with Gasteiger partial charge in [0.05, 0.1) is 12.2 Å². The largest absolute Gasteiger partial charge is 0.416 e. The summed E-state index contributed by atoms with van der Waals surface area (Å²) >= 11 is 0. The summed E-state index contributed by atoms with van der Waals surface area (Å²) in [6.45, 7) is 4.10. The van der Waals surface area contributed by atoms with E-state index < -0.39 is 17.6 Å². The van der Waals surface area contributed by atoms with Gasteiger partial charge in [-0.05, 0) is 23.6 Å². The zero-order chi connectivity index (χ0) is 13.8. The Balaban J connectivity index is 2.70. The minimum atomic E-state index is -4.57. The summed E-state index contributed by atoms with van der Waals surface area (Å²) in [6.07, 6.45) is -4.57. The van der Waals surface area contributed by atoms with E-state index in [9.17, 15) is 17.6 Å². The number of hydroxylamine groups is 1. The van der Waals surface area contributed by atoms with E-state index in [-0.39, 0.29) is 18.0 Å². The van der Waals surface area contributed by atoms with E-state index in [1.165, 1.54) is 0 Å². The molecule has 0 saturated heterocycles. The van der Waals surface area contributed by atoms with Gasteiger partial charge in [0.2, 0.25) is 0 Å². The highest BCUT2D eigenvalue weighted by Crippen LogP contribution is 2.32. The lowest BCUT2D eigenvalue weighted by molar-refractivity contribution is -0.138. The van der Waals surface area contributed by atoms with Crippen LogP contribution in [0.1, 0.15) is 25.0 Å². The average Bonchev–Trinajstić information content (AvgIpc) is 2.24. The van der Waals surface area contributed by atoms with Gasteiger partial charge in [0.25, 0.3) is 0 Å². The van der Waals surface area contributed by atoms with Crippen molar-refractivity contribution in [2.45, 2.75) is 26.6 Å². The predicted octanol–water partition coefficient (Wildman–Crippen LogP) is 3.52. The Kier molecular flexibility index (Phi) is 5.10. The van der Waals surface area contributed by atoms with Gasteiger partial charge in [-0.2, -0.15) is 18.7 Å². The van der Waals surface area contributed by atoms with Crippen LogP contribution in [0.4, 0.5) is 17.6 Å². The third kappa shape index (κ3) is 4.62. The van der Waals surface area contributed by atoms with Gasteiger partial charge < -0.3 is 4.84 Å². The molecule has 1 N–H and O–H groups in total. The van der Waals surface area contributed by atoms with Gasteiger partial charge in [-0.15, -0.1) is 0 Å². The maximum absolute atomic E-state index is 12.8. The maximum atomic E-state index is 12.8. The standard InChI is InChI=1S/C12H15F4NO/c1-8(2)7-18-17-6-9-3-4-10(13)5-11(9)12(14,15)16/h3-5,8,17H,6-7H2,1-2H3. The summed E-state index contributed by atoms with van der Waals surface area (Å²) in [5.74, 6) is -0.637. The van der Waals surface area contributed by atoms with Gasteiger partial charge in [0, 0.05) is 6.54 Å². The Bertz CT molecular complexity index is 390. The van der Waals surface area contributed by atoms with Crippen LogP contribution >= 0.6 is 0 Å². The lowest BCUT2D eigenvalue weighted by Gasteiger charge is -2.14. The van der Waals surface area contributed by atoms with Crippen LogP contribution in [-0.2, 0) is 17.6 Å². The van der Waals surface area contributed by atoms with Crippen LogP contribution in [-0.4, -0.2) is 6.61 Å². The highest BCUT2D eigenvalue weighted by atomic mass is 19.4. The third-order valence-corrected chi connectivity index (χ3v) is 2.16. The van der Waals surface area contributed by atoms with Gasteiger partial charge in [-0.1, -0.05) is 19.9 Å². The van der Waals surface area contributed by atoms with E-state index in [0.717, 1.165) is 12.1 Å². The summed E-state index contributed by atoms with van der Waals surface area (Å²) in [7, 11) is 0. The monoisotopic (exact) mass is 265 g/mol. The van der Waals surface area contributed by atoms with Gasteiger partial charge in [-0.3, -0.25) is 0 Å². The summed E-state index contributed by atoms with van der Waals surface area (Å²) in [5.41, 5.74) is 1.41. The molecule has 1 aromatic rings. The topological polar surface area (TPSA) is 21.3 Å². The third-order valence-electron chi connectivity index (χ3n) is 2.16. The molecule has 1 aromatic carbocycles. The summed E-state index contributed by atoms with van der Waals surface area (Å²) < 4.78 is 50.7. The predicted molar refractivity (Wildman–Crippen MR) is 59.0 cm³/mol. The van der Waals surface area contributed by atoms with Gasteiger partial charge in [-0.25, -0.2) is 4.39 Å². The second-order valence-corrected chi connectivity index (χ2v) is 4.33. The highest BCUT2D eigenvalue weighted by Gasteiger charge is 2.33. The molecule has 18 heavy (non-hydrogen) atoms. The number of halogens is 4. The molecule has 0 amide bonds. The van der Waals surface area contributed by atoms with Crippen molar-refractivity contribution in [3.63, 3.8) is 0 Å². The normalized spacial score (nSPS) is 12.2. The van der Waals surface area contributed by atoms with Crippen LogP contribution in [0.3, 0.4) is 0 Å². The van der Waals surface area contributed by atoms with E-state index in [1.807, 2.05) is 13.8 Å². The Hall–Kier alpha value is -1.14. The fourth-order valence-corrected chi connectivity index (χ4v) is 1.32. The SMILES string of the molecule is CC(C)CONCc1ccc(F)cc1C(F)(F)F. The lowest BCUT2D eigenvalue weighted by atomic mass is 10.1. The first-order chi connectivity index (χ1) is 8.30. The molecule has 0 aliphatic heterocycles. The van der Waals surface area contributed by atoms with E-state index >= 15 is 0 Å². The Morgan fingerprint density at radius 1 is 1.28 bits per heavy atom. The molecule has 0 radical (unpaired) electrons. The molecular weight excluding hydrogens is 250 g/mol. The molecular formula is C12H15F4NO. The van der Waals surface area contributed by atoms with Crippen LogP contribution in [0.5, 0.6) is 0 Å². The summed E-state index contributed by atoms with van der Waals surface area (Å²) in [5, 5.41) is 0. The number of rotatable bonds is 5. The van der Waals surface area contributed by atoms with Crippen LogP contribution in [0.25, 0.3) is 0 Å².